The predicted octanol–water partition coefficient (Wildman–Crippen LogP) is 6.18. The Morgan fingerprint density at radius 1 is 0.917 bits per heavy atom. The lowest BCUT2D eigenvalue weighted by atomic mass is 10.1. The van der Waals surface area contributed by atoms with Crippen molar-refractivity contribution in [2.45, 2.75) is 20.4 Å². The van der Waals surface area contributed by atoms with E-state index in [1.165, 1.54) is 26.2 Å². The summed E-state index contributed by atoms with van der Waals surface area (Å²) in [6.45, 7) is 8.06. The van der Waals surface area contributed by atoms with Gasteiger partial charge in [-0.15, -0.1) is 11.3 Å². The van der Waals surface area contributed by atoms with Gasteiger partial charge in [-0.25, -0.2) is 4.98 Å². The van der Waals surface area contributed by atoms with Gasteiger partial charge in [0, 0.05) is 65.5 Å². The van der Waals surface area contributed by atoms with Crippen LogP contribution in [-0.2, 0) is 11.3 Å². The van der Waals surface area contributed by atoms with Crippen LogP contribution in [0.25, 0.3) is 37.4 Å². The van der Waals surface area contributed by atoms with Crippen LogP contribution in [-0.4, -0.2) is 51.3 Å². The zero-order chi connectivity index (χ0) is 24.6. The minimum Gasteiger partial charge on any atom is -0.340 e. The zero-order valence-electron chi connectivity index (χ0n) is 20.7. The minimum absolute atomic E-state index is 0.0485. The summed E-state index contributed by atoms with van der Waals surface area (Å²) in [5, 5.41) is 1.28. The molecular formula is C30H30N4OS. The topological polar surface area (TPSA) is 40.9 Å². The van der Waals surface area contributed by atoms with E-state index in [-0.39, 0.29) is 11.8 Å². The molecule has 1 amide bonds. The largest absolute Gasteiger partial charge is 0.340 e. The van der Waals surface area contributed by atoms with E-state index in [1.807, 2.05) is 36.2 Å². The van der Waals surface area contributed by atoms with Crippen molar-refractivity contribution in [3.63, 3.8) is 0 Å². The van der Waals surface area contributed by atoms with Crippen molar-refractivity contribution in [3.8, 4) is 21.7 Å². The summed E-state index contributed by atoms with van der Waals surface area (Å²) in [5.41, 5.74) is 5.53. The number of amides is 1. The van der Waals surface area contributed by atoms with Crippen LogP contribution in [0.5, 0.6) is 0 Å². The molecule has 0 N–H and O–H groups in total. The average Bonchev–Trinajstić information content (AvgIpc) is 3.51. The van der Waals surface area contributed by atoms with Crippen LogP contribution in [0.15, 0.2) is 79.0 Å². The molecule has 6 rings (SSSR count). The molecule has 3 aromatic heterocycles. The molecule has 36 heavy (non-hydrogen) atoms. The van der Waals surface area contributed by atoms with Gasteiger partial charge >= 0.3 is 0 Å². The summed E-state index contributed by atoms with van der Waals surface area (Å²) in [6.07, 6.45) is 2.24. The van der Waals surface area contributed by atoms with E-state index in [9.17, 15) is 4.79 Å². The molecule has 0 unspecified atom stereocenters. The molecule has 0 radical (unpaired) electrons. The summed E-state index contributed by atoms with van der Waals surface area (Å²) < 4.78 is 3.57. The Morgan fingerprint density at radius 2 is 1.67 bits per heavy atom. The maximum absolute atomic E-state index is 12.5. The number of rotatable bonds is 5. The van der Waals surface area contributed by atoms with Crippen molar-refractivity contribution >= 4 is 33.0 Å². The summed E-state index contributed by atoms with van der Waals surface area (Å²) >= 11 is 1.83. The molecule has 0 aliphatic carbocycles. The Labute approximate surface area is 215 Å². The molecule has 182 valence electrons. The second kappa shape index (κ2) is 9.52. The highest BCUT2D eigenvalue weighted by molar-refractivity contribution is 7.22. The number of pyridine rings is 1. The van der Waals surface area contributed by atoms with E-state index < -0.39 is 0 Å². The van der Waals surface area contributed by atoms with Crippen molar-refractivity contribution in [1.82, 2.24) is 19.2 Å². The SMILES string of the molecule is CC(C)C(=O)N1CCN(Cc2c(-c3ccccc3)nc3ccc(-c4cc5ccccc5s4)cn23)CC1. The highest BCUT2D eigenvalue weighted by Gasteiger charge is 2.25. The Balaban J connectivity index is 1.37. The molecule has 0 spiro atoms. The first-order chi connectivity index (χ1) is 17.6. The smallest absolute Gasteiger partial charge is 0.225 e. The lowest BCUT2D eigenvalue weighted by Gasteiger charge is -2.35. The average molecular weight is 495 g/mol. The van der Waals surface area contributed by atoms with Crippen LogP contribution >= 0.6 is 11.3 Å². The molecule has 1 aliphatic rings. The lowest BCUT2D eigenvalue weighted by Crippen LogP contribution is -2.49. The van der Waals surface area contributed by atoms with Gasteiger partial charge in [-0.2, -0.15) is 0 Å². The van der Waals surface area contributed by atoms with Crippen LogP contribution in [0.3, 0.4) is 0 Å². The fraction of sp³-hybridized carbons (Fsp3) is 0.267. The Kier molecular flexibility index (Phi) is 6.07. The van der Waals surface area contributed by atoms with Gasteiger partial charge in [0.15, 0.2) is 0 Å². The van der Waals surface area contributed by atoms with Gasteiger partial charge in [0.2, 0.25) is 5.91 Å². The van der Waals surface area contributed by atoms with Gasteiger partial charge in [0.25, 0.3) is 0 Å². The third kappa shape index (κ3) is 4.31. The van der Waals surface area contributed by atoms with Gasteiger partial charge in [-0.1, -0.05) is 62.4 Å². The molecule has 4 heterocycles. The number of carbonyl (C=O) groups is 1. The molecule has 1 saturated heterocycles. The van der Waals surface area contributed by atoms with Gasteiger partial charge in [-0.3, -0.25) is 9.69 Å². The van der Waals surface area contributed by atoms with Crippen LogP contribution in [0.2, 0.25) is 0 Å². The number of hydrogen-bond acceptors (Lipinski definition) is 4. The van der Waals surface area contributed by atoms with Gasteiger partial charge in [-0.05, 0) is 29.7 Å². The second-order valence-electron chi connectivity index (χ2n) is 9.82. The summed E-state index contributed by atoms with van der Waals surface area (Å²) in [7, 11) is 0. The number of nitrogens with zero attached hydrogens (tertiary/aromatic N) is 4. The molecule has 6 heteroatoms. The maximum Gasteiger partial charge on any atom is 0.225 e. The lowest BCUT2D eigenvalue weighted by molar-refractivity contribution is -0.136. The van der Waals surface area contributed by atoms with E-state index in [4.69, 9.17) is 4.98 Å². The maximum atomic E-state index is 12.5. The van der Waals surface area contributed by atoms with Gasteiger partial charge < -0.3 is 9.30 Å². The van der Waals surface area contributed by atoms with Gasteiger partial charge in [0.1, 0.15) is 5.65 Å². The molecule has 5 nitrogen and oxygen atoms in total. The normalized spacial score (nSPS) is 14.8. The number of imidazole rings is 1. The van der Waals surface area contributed by atoms with Gasteiger partial charge in [0.05, 0.1) is 11.4 Å². The van der Waals surface area contributed by atoms with Crippen molar-refractivity contribution in [2.24, 2.45) is 5.92 Å². The van der Waals surface area contributed by atoms with Crippen molar-refractivity contribution in [3.05, 3.63) is 84.7 Å². The predicted molar refractivity (Wildman–Crippen MR) is 148 cm³/mol. The monoisotopic (exact) mass is 494 g/mol. The first kappa shape index (κ1) is 23.0. The van der Waals surface area contributed by atoms with Crippen molar-refractivity contribution < 1.29 is 4.79 Å². The number of aromatic nitrogens is 2. The Morgan fingerprint density at radius 3 is 2.42 bits per heavy atom. The fourth-order valence-corrected chi connectivity index (χ4v) is 6.10. The minimum atomic E-state index is 0.0485. The highest BCUT2D eigenvalue weighted by atomic mass is 32.1. The number of thiophene rings is 1. The number of hydrogen-bond donors (Lipinski definition) is 0. The Hall–Kier alpha value is -3.48. The van der Waals surface area contributed by atoms with E-state index in [2.05, 4.69) is 82.2 Å². The van der Waals surface area contributed by atoms with E-state index in [1.54, 1.807) is 0 Å². The molecule has 1 fully saturated rings. The second-order valence-corrected chi connectivity index (χ2v) is 10.9. The molecule has 0 atom stereocenters. The molecule has 2 aromatic carbocycles. The zero-order valence-corrected chi connectivity index (χ0v) is 21.5. The molecule has 0 saturated carbocycles. The first-order valence-electron chi connectivity index (χ1n) is 12.6. The molecule has 5 aromatic rings. The van der Waals surface area contributed by atoms with E-state index in [0.717, 1.165) is 49.6 Å². The highest BCUT2D eigenvalue weighted by Crippen LogP contribution is 2.35. The van der Waals surface area contributed by atoms with Crippen LogP contribution in [0.4, 0.5) is 0 Å². The van der Waals surface area contributed by atoms with E-state index in [0.29, 0.717) is 0 Å². The van der Waals surface area contributed by atoms with Crippen LogP contribution in [0.1, 0.15) is 19.5 Å². The summed E-state index contributed by atoms with van der Waals surface area (Å²) in [6, 6.07) is 25.6. The third-order valence-corrected chi connectivity index (χ3v) is 8.19. The van der Waals surface area contributed by atoms with Crippen LogP contribution < -0.4 is 0 Å². The molecule has 1 aliphatic heterocycles. The fourth-order valence-electron chi connectivity index (χ4n) is 5.04. The summed E-state index contributed by atoms with van der Waals surface area (Å²) in [4.78, 5) is 23.3. The number of benzene rings is 2. The van der Waals surface area contributed by atoms with Crippen molar-refractivity contribution in [1.29, 1.82) is 0 Å². The number of fused-ring (bicyclic) bond motifs is 2. The third-order valence-electron chi connectivity index (χ3n) is 7.03. The standard InChI is InChI=1S/C30H30N4OS/c1-21(2)30(35)33-16-14-32(15-17-33)20-25-29(22-8-4-3-5-9-22)31-28-13-12-24(19-34(25)28)27-18-23-10-6-7-11-26(23)36-27/h3-13,18-19,21H,14-17,20H2,1-2H3. The number of carbonyl (C=O) groups excluding carboxylic acids is 1. The van der Waals surface area contributed by atoms with Crippen LogP contribution in [0, 0.1) is 5.92 Å². The van der Waals surface area contributed by atoms with E-state index >= 15 is 0 Å². The van der Waals surface area contributed by atoms with Crippen molar-refractivity contribution in [2.75, 3.05) is 26.2 Å². The molecular weight excluding hydrogens is 464 g/mol. The summed E-state index contributed by atoms with van der Waals surface area (Å²) in [5.74, 6) is 0.301. The molecule has 0 bridgehead atoms. The quantitative estimate of drug-likeness (QED) is 0.293. The Bertz CT molecular complexity index is 1490. The number of piperazine rings is 1. The first-order valence-corrected chi connectivity index (χ1v) is 13.4.